The Labute approximate surface area is 61.3 Å². The highest BCUT2D eigenvalue weighted by Crippen LogP contribution is 1.91. The lowest BCUT2D eigenvalue weighted by Gasteiger charge is -1.94. The van der Waals surface area contributed by atoms with E-state index in [0.717, 1.165) is 13.0 Å². The van der Waals surface area contributed by atoms with Crippen molar-refractivity contribution in [3.8, 4) is 0 Å². The summed E-state index contributed by atoms with van der Waals surface area (Å²) >= 11 is 0. The van der Waals surface area contributed by atoms with Crippen molar-refractivity contribution in [2.45, 2.75) is 13.3 Å². The average Bonchev–Trinajstić information content (AvgIpc) is 1.88. The summed E-state index contributed by atoms with van der Waals surface area (Å²) in [6, 6.07) is 0. The number of nitrogens with two attached hydrogens (primary N) is 1. The van der Waals surface area contributed by atoms with Crippen LogP contribution in [0.15, 0.2) is 11.6 Å². The molecule has 0 radical (unpaired) electrons. The summed E-state index contributed by atoms with van der Waals surface area (Å²) < 4.78 is 0. The Morgan fingerprint density at radius 2 is 2.30 bits per heavy atom. The fraction of sp³-hybridized carbons (Fsp3) is 0.571. The van der Waals surface area contributed by atoms with E-state index >= 15 is 0 Å². The maximum absolute atomic E-state index is 10.4. The smallest absolute Gasteiger partial charge is 0.244 e. The third-order valence-electron chi connectivity index (χ3n) is 1.23. The van der Waals surface area contributed by atoms with Gasteiger partial charge in [-0.05, 0) is 26.9 Å². The second kappa shape index (κ2) is 4.99. The van der Waals surface area contributed by atoms with E-state index < -0.39 is 0 Å². The number of primary amides is 1. The Hall–Kier alpha value is -0.830. The van der Waals surface area contributed by atoms with Crippen LogP contribution in [0.1, 0.15) is 13.3 Å². The van der Waals surface area contributed by atoms with E-state index in [2.05, 4.69) is 5.32 Å². The molecule has 58 valence electrons. The normalized spacial score (nSPS) is 11.6. The van der Waals surface area contributed by atoms with Crippen LogP contribution in [0.3, 0.4) is 0 Å². The number of hydrogen-bond donors (Lipinski definition) is 2. The summed E-state index contributed by atoms with van der Waals surface area (Å²) in [5.41, 5.74) is 5.63. The molecule has 3 N–H and O–H groups in total. The first-order valence-electron chi connectivity index (χ1n) is 3.29. The van der Waals surface area contributed by atoms with Crippen LogP contribution in [0.25, 0.3) is 0 Å². The SMILES string of the molecule is CNCC/C=C(\C)C(N)=O. The lowest BCUT2D eigenvalue weighted by molar-refractivity contribution is -0.114. The highest BCUT2D eigenvalue weighted by atomic mass is 16.1. The molecule has 0 heterocycles. The molecule has 0 unspecified atom stereocenters. The molecule has 0 atom stereocenters. The van der Waals surface area contributed by atoms with E-state index in [4.69, 9.17) is 5.73 Å². The molecule has 0 aromatic heterocycles. The first-order chi connectivity index (χ1) is 4.68. The molecule has 0 aromatic carbocycles. The molecule has 3 heteroatoms. The Kier molecular flexibility index (Phi) is 4.58. The van der Waals surface area contributed by atoms with Crippen molar-refractivity contribution in [2.24, 2.45) is 5.73 Å². The van der Waals surface area contributed by atoms with Crippen molar-refractivity contribution in [3.63, 3.8) is 0 Å². The van der Waals surface area contributed by atoms with Crippen molar-refractivity contribution in [3.05, 3.63) is 11.6 Å². The highest BCUT2D eigenvalue weighted by molar-refractivity contribution is 5.91. The minimum atomic E-state index is -0.337. The van der Waals surface area contributed by atoms with Gasteiger partial charge in [0.1, 0.15) is 0 Å². The van der Waals surface area contributed by atoms with Gasteiger partial charge in [-0.3, -0.25) is 4.79 Å². The van der Waals surface area contributed by atoms with E-state index in [1.54, 1.807) is 6.92 Å². The molecule has 0 aromatic rings. The predicted octanol–water partition coefficient (Wildman–Crippen LogP) is 0.0275. The Morgan fingerprint density at radius 1 is 1.70 bits per heavy atom. The van der Waals surface area contributed by atoms with Crippen LogP contribution < -0.4 is 11.1 Å². The van der Waals surface area contributed by atoms with Crippen LogP contribution in [0.5, 0.6) is 0 Å². The molecule has 0 saturated heterocycles. The number of amides is 1. The van der Waals surface area contributed by atoms with Gasteiger partial charge in [0.15, 0.2) is 0 Å². The van der Waals surface area contributed by atoms with Crippen molar-refractivity contribution in [1.29, 1.82) is 0 Å². The standard InChI is InChI=1S/C7H14N2O/c1-6(7(8)10)4-3-5-9-2/h4,9H,3,5H2,1-2H3,(H2,8,10)/b6-4+. The monoisotopic (exact) mass is 142 g/mol. The number of hydrogen-bond acceptors (Lipinski definition) is 2. The fourth-order valence-corrected chi connectivity index (χ4v) is 0.534. The van der Waals surface area contributed by atoms with E-state index in [1.165, 1.54) is 0 Å². The predicted molar refractivity (Wildman–Crippen MR) is 41.5 cm³/mol. The van der Waals surface area contributed by atoms with Gasteiger partial charge < -0.3 is 11.1 Å². The molecule has 1 amide bonds. The zero-order valence-corrected chi connectivity index (χ0v) is 6.48. The van der Waals surface area contributed by atoms with Crippen molar-refractivity contribution >= 4 is 5.91 Å². The van der Waals surface area contributed by atoms with Crippen molar-refractivity contribution in [1.82, 2.24) is 5.32 Å². The van der Waals surface area contributed by atoms with E-state index in [1.807, 2.05) is 13.1 Å². The Morgan fingerprint density at radius 3 is 2.70 bits per heavy atom. The summed E-state index contributed by atoms with van der Waals surface area (Å²) in [7, 11) is 1.87. The number of rotatable bonds is 4. The van der Waals surface area contributed by atoms with Gasteiger partial charge in [-0.1, -0.05) is 6.08 Å². The molecule has 3 nitrogen and oxygen atoms in total. The van der Waals surface area contributed by atoms with Gasteiger partial charge in [0.2, 0.25) is 5.91 Å². The van der Waals surface area contributed by atoms with Gasteiger partial charge in [0, 0.05) is 5.57 Å². The fourth-order valence-electron chi connectivity index (χ4n) is 0.534. The second-order valence-electron chi connectivity index (χ2n) is 2.14. The van der Waals surface area contributed by atoms with E-state index in [0.29, 0.717) is 5.57 Å². The van der Waals surface area contributed by atoms with Gasteiger partial charge in [-0.2, -0.15) is 0 Å². The molecule has 0 aliphatic carbocycles. The zero-order chi connectivity index (χ0) is 7.98. The molecule has 0 rings (SSSR count). The average molecular weight is 142 g/mol. The number of carbonyl (C=O) groups excluding carboxylic acids is 1. The summed E-state index contributed by atoms with van der Waals surface area (Å²) in [5, 5.41) is 2.97. The van der Waals surface area contributed by atoms with Crippen LogP contribution in [-0.4, -0.2) is 19.5 Å². The van der Waals surface area contributed by atoms with Crippen LogP contribution in [0, 0.1) is 0 Å². The second-order valence-corrected chi connectivity index (χ2v) is 2.14. The molecule has 0 fully saturated rings. The van der Waals surface area contributed by atoms with Gasteiger partial charge in [0.05, 0.1) is 0 Å². The van der Waals surface area contributed by atoms with Crippen LogP contribution in [-0.2, 0) is 4.79 Å². The topological polar surface area (TPSA) is 55.1 Å². The van der Waals surface area contributed by atoms with Crippen molar-refractivity contribution in [2.75, 3.05) is 13.6 Å². The van der Waals surface area contributed by atoms with E-state index in [-0.39, 0.29) is 5.91 Å². The lowest BCUT2D eigenvalue weighted by atomic mass is 10.2. The first kappa shape index (κ1) is 9.17. The first-order valence-corrected chi connectivity index (χ1v) is 3.29. The Balaban J connectivity index is 3.58. The molecule has 0 spiro atoms. The van der Waals surface area contributed by atoms with Gasteiger partial charge in [-0.15, -0.1) is 0 Å². The minimum absolute atomic E-state index is 0.337. The third kappa shape index (κ3) is 4.09. The molecule has 0 aliphatic heterocycles. The maximum atomic E-state index is 10.4. The summed E-state index contributed by atoms with van der Waals surface area (Å²) in [5.74, 6) is -0.337. The molecule has 0 saturated carbocycles. The summed E-state index contributed by atoms with van der Waals surface area (Å²) in [6.45, 7) is 2.60. The third-order valence-corrected chi connectivity index (χ3v) is 1.23. The maximum Gasteiger partial charge on any atom is 0.244 e. The number of nitrogens with one attached hydrogen (secondary N) is 1. The molecule has 10 heavy (non-hydrogen) atoms. The highest BCUT2D eigenvalue weighted by Gasteiger charge is 1.93. The van der Waals surface area contributed by atoms with Crippen LogP contribution in [0.4, 0.5) is 0 Å². The van der Waals surface area contributed by atoms with Crippen LogP contribution >= 0.6 is 0 Å². The summed E-state index contributed by atoms with van der Waals surface area (Å²) in [4.78, 5) is 10.4. The Bertz CT molecular complexity index is 141. The van der Waals surface area contributed by atoms with Crippen molar-refractivity contribution < 1.29 is 4.79 Å². The van der Waals surface area contributed by atoms with Crippen LogP contribution in [0.2, 0.25) is 0 Å². The largest absolute Gasteiger partial charge is 0.366 e. The van der Waals surface area contributed by atoms with Gasteiger partial charge in [-0.25, -0.2) is 0 Å². The van der Waals surface area contributed by atoms with Gasteiger partial charge in [0.25, 0.3) is 0 Å². The molecular formula is C7H14N2O. The summed E-state index contributed by atoms with van der Waals surface area (Å²) in [6.07, 6.45) is 2.68. The number of carbonyl (C=O) groups is 1. The minimum Gasteiger partial charge on any atom is -0.366 e. The molecule has 0 bridgehead atoms. The molecular weight excluding hydrogens is 128 g/mol. The molecule has 0 aliphatic rings. The lowest BCUT2D eigenvalue weighted by Crippen LogP contribution is -2.12. The van der Waals surface area contributed by atoms with E-state index in [9.17, 15) is 4.79 Å². The zero-order valence-electron chi connectivity index (χ0n) is 6.48. The van der Waals surface area contributed by atoms with Gasteiger partial charge >= 0.3 is 0 Å². The quantitative estimate of drug-likeness (QED) is 0.429.